The van der Waals surface area contributed by atoms with Gasteiger partial charge in [0.2, 0.25) is 0 Å². The molecule has 1 aliphatic rings. The van der Waals surface area contributed by atoms with Crippen molar-refractivity contribution in [2.75, 3.05) is 13.1 Å². The second-order valence-corrected chi connectivity index (χ2v) is 7.41. The highest BCUT2D eigenvalue weighted by Gasteiger charge is 2.27. The quantitative estimate of drug-likeness (QED) is 0.831. The number of aryl methyl sites for hydroxylation is 1. The number of piperidine rings is 1. The summed E-state index contributed by atoms with van der Waals surface area (Å²) >= 11 is 1.67. The summed E-state index contributed by atoms with van der Waals surface area (Å²) in [6, 6.07) is 7.97. The Kier molecular flexibility index (Phi) is 4.30. The minimum Gasteiger partial charge on any atom is -0.338 e. The summed E-state index contributed by atoms with van der Waals surface area (Å²) in [6.07, 6.45) is 1.21. The molecular formula is C18H22N2OS. The predicted molar refractivity (Wildman–Crippen MR) is 91.1 cm³/mol. The molecule has 116 valence electrons. The molecule has 1 aliphatic heterocycles. The van der Waals surface area contributed by atoms with E-state index in [1.807, 2.05) is 35.4 Å². The maximum Gasteiger partial charge on any atom is 0.255 e. The Labute approximate surface area is 136 Å². The third-order valence-electron chi connectivity index (χ3n) is 4.25. The largest absolute Gasteiger partial charge is 0.338 e. The summed E-state index contributed by atoms with van der Waals surface area (Å²) in [6.45, 7) is 8.09. The van der Waals surface area contributed by atoms with Crippen LogP contribution in [0.25, 0.3) is 10.6 Å². The summed E-state index contributed by atoms with van der Waals surface area (Å²) in [5.41, 5.74) is 2.51. The van der Waals surface area contributed by atoms with Gasteiger partial charge in [0.05, 0.1) is 21.8 Å². The van der Waals surface area contributed by atoms with Crippen LogP contribution in [0.4, 0.5) is 0 Å². The van der Waals surface area contributed by atoms with Gasteiger partial charge in [0.15, 0.2) is 0 Å². The highest BCUT2D eigenvalue weighted by molar-refractivity contribution is 7.13. The number of rotatable bonds is 2. The molecule has 1 saturated heterocycles. The molecule has 3 rings (SSSR count). The van der Waals surface area contributed by atoms with Crippen molar-refractivity contribution in [3.05, 3.63) is 40.9 Å². The van der Waals surface area contributed by atoms with E-state index in [4.69, 9.17) is 0 Å². The third-order valence-corrected chi connectivity index (χ3v) is 5.14. The average Bonchev–Trinajstić information content (AvgIpc) is 2.99. The van der Waals surface area contributed by atoms with E-state index < -0.39 is 0 Å². The molecule has 2 atom stereocenters. The Hall–Kier alpha value is -1.68. The van der Waals surface area contributed by atoms with Crippen molar-refractivity contribution in [3.8, 4) is 10.6 Å². The SMILES string of the molecule is Cc1nc(-c2cccs2)ccc1C(=O)N1CC(C)CC(C)C1. The van der Waals surface area contributed by atoms with E-state index in [1.54, 1.807) is 11.3 Å². The predicted octanol–water partition coefficient (Wildman–Crippen LogP) is 4.24. The lowest BCUT2D eigenvalue weighted by molar-refractivity contribution is 0.0622. The Balaban J connectivity index is 1.84. The van der Waals surface area contributed by atoms with Crippen LogP contribution >= 0.6 is 11.3 Å². The van der Waals surface area contributed by atoms with Crippen LogP contribution in [-0.4, -0.2) is 28.9 Å². The minimum atomic E-state index is 0.126. The van der Waals surface area contributed by atoms with Crippen molar-refractivity contribution >= 4 is 17.2 Å². The zero-order chi connectivity index (χ0) is 15.7. The molecule has 3 nitrogen and oxygen atoms in total. The zero-order valence-corrected chi connectivity index (χ0v) is 14.2. The van der Waals surface area contributed by atoms with Crippen LogP contribution in [0.5, 0.6) is 0 Å². The molecule has 2 unspecified atom stereocenters. The molecule has 1 amide bonds. The summed E-state index contributed by atoms with van der Waals surface area (Å²) < 4.78 is 0. The van der Waals surface area contributed by atoms with Gasteiger partial charge in [0.25, 0.3) is 5.91 Å². The van der Waals surface area contributed by atoms with Gasteiger partial charge in [-0.15, -0.1) is 11.3 Å². The number of nitrogens with zero attached hydrogens (tertiary/aromatic N) is 2. The van der Waals surface area contributed by atoms with E-state index in [0.717, 1.165) is 34.9 Å². The first-order valence-corrected chi connectivity index (χ1v) is 8.73. The minimum absolute atomic E-state index is 0.126. The lowest BCUT2D eigenvalue weighted by Crippen LogP contribution is -2.42. The van der Waals surface area contributed by atoms with Gasteiger partial charge in [-0.25, -0.2) is 0 Å². The van der Waals surface area contributed by atoms with E-state index in [-0.39, 0.29) is 5.91 Å². The Morgan fingerprint density at radius 1 is 1.23 bits per heavy atom. The summed E-state index contributed by atoms with van der Waals surface area (Å²) in [4.78, 5) is 20.6. The highest BCUT2D eigenvalue weighted by atomic mass is 32.1. The average molecular weight is 314 g/mol. The lowest BCUT2D eigenvalue weighted by atomic mass is 9.91. The Morgan fingerprint density at radius 2 is 1.95 bits per heavy atom. The molecule has 3 heterocycles. The van der Waals surface area contributed by atoms with Crippen LogP contribution in [0.2, 0.25) is 0 Å². The topological polar surface area (TPSA) is 33.2 Å². The molecular weight excluding hydrogens is 292 g/mol. The summed E-state index contributed by atoms with van der Waals surface area (Å²) in [7, 11) is 0. The van der Waals surface area contributed by atoms with Gasteiger partial charge in [0.1, 0.15) is 0 Å². The van der Waals surface area contributed by atoms with Gasteiger partial charge in [-0.05, 0) is 48.8 Å². The van der Waals surface area contributed by atoms with Crippen molar-refractivity contribution < 1.29 is 4.79 Å². The smallest absolute Gasteiger partial charge is 0.255 e. The van der Waals surface area contributed by atoms with E-state index in [0.29, 0.717) is 11.8 Å². The number of carbonyl (C=O) groups excluding carboxylic acids is 1. The van der Waals surface area contributed by atoms with Gasteiger partial charge < -0.3 is 4.90 Å². The van der Waals surface area contributed by atoms with Crippen molar-refractivity contribution in [1.29, 1.82) is 0 Å². The fourth-order valence-corrected chi connectivity index (χ4v) is 4.04. The summed E-state index contributed by atoms with van der Waals surface area (Å²) in [5.74, 6) is 1.28. The van der Waals surface area contributed by atoms with Crippen LogP contribution in [-0.2, 0) is 0 Å². The van der Waals surface area contributed by atoms with Crippen LogP contribution < -0.4 is 0 Å². The van der Waals surface area contributed by atoms with E-state index in [9.17, 15) is 4.79 Å². The number of thiophene rings is 1. The first-order chi connectivity index (χ1) is 10.5. The molecule has 0 aliphatic carbocycles. The molecule has 0 radical (unpaired) electrons. The van der Waals surface area contributed by atoms with Gasteiger partial charge in [-0.3, -0.25) is 9.78 Å². The van der Waals surface area contributed by atoms with Crippen molar-refractivity contribution in [2.24, 2.45) is 11.8 Å². The molecule has 2 aromatic heterocycles. The molecule has 1 fully saturated rings. The lowest BCUT2D eigenvalue weighted by Gasteiger charge is -2.35. The van der Waals surface area contributed by atoms with Gasteiger partial charge >= 0.3 is 0 Å². The fourth-order valence-electron chi connectivity index (χ4n) is 3.35. The Bertz CT molecular complexity index is 656. The number of pyridine rings is 1. The zero-order valence-electron chi connectivity index (χ0n) is 13.4. The second-order valence-electron chi connectivity index (χ2n) is 6.46. The van der Waals surface area contributed by atoms with Crippen LogP contribution in [0.3, 0.4) is 0 Å². The fraction of sp³-hybridized carbons (Fsp3) is 0.444. The third kappa shape index (κ3) is 3.07. The normalized spacial score (nSPS) is 21.9. The van der Waals surface area contributed by atoms with E-state index in [1.165, 1.54) is 6.42 Å². The first kappa shape index (κ1) is 15.2. The molecule has 0 aromatic carbocycles. The number of aromatic nitrogens is 1. The molecule has 0 spiro atoms. The second kappa shape index (κ2) is 6.21. The number of likely N-dealkylation sites (tertiary alicyclic amines) is 1. The number of amides is 1. The first-order valence-electron chi connectivity index (χ1n) is 7.85. The molecule has 2 aromatic rings. The molecule has 0 bridgehead atoms. The molecule has 4 heteroatoms. The molecule has 22 heavy (non-hydrogen) atoms. The maximum absolute atomic E-state index is 12.8. The standard InChI is InChI=1S/C18H22N2OS/c1-12-9-13(2)11-20(10-12)18(21)15-6-7-16(19-14(15)3)17-5-4-8-22-17/h4-8,12-13H,9-11H2,1-3H3. The van der Waals surface area contributed by atoms with Crippen LogP contribution in [0.1, 0.15) is 36.3 Å². The van der Waals surface area contributed by atoms with Crippen LogP contribution in [0, 0.1) is 18.8 Å². The summed E-state index contributed by atoms with van der Waals surface area (Å²) in [5, 5.41) is 2.04. The number of carbonyl (C=O) groups is 1. The monoisotopic (exact) mass is 314 g/mol. The van der Waals surface area contributed by atoms with Crippen molar-refractivity contribution in [1.82, 2.24) is 9.88 Å². The number of hydrogen-bond donors (Lipinski definition) is 0. The molecule has 0 N–H and O–H groups in total. The van der Waals surface area contributed by atoms with Crippen LogP contribution in [0.15, 0.2) is 29.6 Å². The maximum atomic E-state index is 12.8. The van der Waals surface area contributed by atoms with E-state index in [2.05, 4.69) is 24.9 Å². The molecule has 0 saturated carbocycles. The van der Waals surface area contributed by atoms with E-state index >= 15 is 0 Å². The van der Waals surface area contributed by atoms with Crippen molar-refractivity contribution in [3.63, 3.8) is 0 Å². The van der Waals surface area contributed by atoms with Gasteiger partial charge in [-0.1, -0.05) is 19.9 Å². The van der Waals surface area contributed by atoms with Gasteiger partial charge in [-0.2, -0.15) is 0 Å². The number of hydrogen-bond acceptors (Lipinski definition) is 3. The van der Waals surface area contributed by atoms with Crippen molar-refractivity contribution in [2.45, 2.75) is 27.2 Å². The van der Waals surface area contributed by atoms with Gasteiger partial charge in [0, 0.05) is 13.1 Å². The highest BCUT2D eigenvalue weighted by Crippen LogP contribution is 2.26. The Morgan fingerprint density at radius 3 is 2.55 bits per heavy atom.